The molecular formula is C27H21F2N5O4. The maximum atomic E-state index is 12.9. The number of ether oxygens (including phenoxy) is 3. The Balaban J connectivity index is 1.54. The molecule has 0 bridgehead atoms. The van der Waals surface area contributed by atoms with E-state index in [4.69, 9.17) is 9.47 Å². The van der Waals surface area contributed by atoms with Gasteiger partial charge in [0.25, 0.3) is 11.8 Å². The third-order valence-electron chi connectivity index (χ3n) is 5.33. The van der Waals surface area contributed by atoms with Crippen LogP contribution in [0.1, 0.15) is 10.4 Å². The Kier molecular flexibility index (Phi) is 6.81. The average Bonchev–Trinajstić information content (AvgIpc) is 3.35. The summed E-state index contributed by atoms with van der Waals surface area (Å²) < 4.78 is 42.4. The lowest BCUT2D eigenvalue weighted by Gasteiger charge is -2.13. The zero-order valence-electron chi connectivity index (χ0n) is 20.3. The molecule has 11 heteroatoms. The highest BCUT2D eigenvalue weighted by Crippen LogP contribution is 2.38. The number of fused-ring (bicyclic) bond motifs is 1. The Labute approximate surface area is 215 Å². The van der Waals surface area contributed by atoms with Crippen LogP contribution >= 0.6 is 0 Å². The van der Waals surface area contributed by atoms with Crippen LogP contribution in [0.5, 0.6) is 28.9 Å². The highest BCUT2D eigenvalue weighted by Gasteiger charge is 2.18. The lowest BCUT2D eigenvalue weighted by molar-refractivity contribution is -0.0540. The molecule has 5 aromatic rings. The first-order valence-corrected chi connectivity index (χ1v) is 11.4. The van der Waals surface area contributed by atoms with E-state index >= 15 is 0 Å². The molecule has 0 saturated carbocycles. The minimum atomic E-state index is -3.08. The Bertz CT molecular complexity index is 1570. The molecule has 1 amide bonds. The average molecular weight is 517 g/mol. The Morgan fingerprint density at radius 1 is 0.895 bits per heavy atom. The van der Waals surface area contributed by atoms with Crippen molar-refractivity contribution in [1.82, 2.24) is 24.8 Å². The molecule has 0 radical (unpaired) electrons. The van der Waals surface area contributed by atoms with Gasteiger partial charge >= 0.3 is 6.61 Å². The lowest BCUT2D eigenvalue weighted by atomic mass is 10.2. The van der Waals surface area contributed by atoms with Gasteiger partial charge in [0, 0.05) is 44.2 Å². The van der Waals surface area contributed by atoms with Crippen LogP contribution in [0, 0.1) is 0 Å². The van der Waals surface area contributed by atoms with E-state index in [1.165, 1.54) is 23.2 Å². The number of alkyl halides is 2. The summed E-state index contributed by atoms with van der Waals surface area (Å²) in [5.74, 6) is 0.996. The molecule has 3 heterocycles. The van der Waals surface area contributed by atoms with Gasteiger partial charge in [-0.25, -0.2) is 9.97 Å². The van der Waals surface area contributed by atoms with Crippen molar-refractivity contribution in [2.75, 3.05) is 14.1 Å². The van der Waals surface area contributed by atoms with Gasteiger partial charge in [0.2, 0.25) is 0 Å². The van der Waals surface area contributed by atoms with E-state index in [1.807, 2.05) is 6.07 Å². The summed E-state index contributed by atoms with van der Waals surface area (Å²) in [6.45, 7) is -3.08. The molecule has 0 atom stereocenters. The number of hydrogen-bond donors (Lipinski definition) is 1. The summed E-state index contributed by atoms with van der Waals surface area (Å²) in [5.41, 5.74) is 2.08. The molecule has 0 aliphatic rings. The van der Waals surface area contributed by atoms with E-state index in [9.17, 15) is 13.6 Å². The number of carbonyl (C=O) groups is 1. The first-order chi connectivity index (χ1) is 18.4. The number of H-pyrrole nitrogens is 1. The molecule has 0 unspecified atom stereocenters. The minimum absolute atomic E-state index is 0.0276. The molecule has 0 fully saturated rings. The van der Waals surface area contributed by atoms with Crippen molar-refractivity contribution >= 4 is 16.9 Å². The second-order valence-corrected chi connectivity index (χ2v) is 8.23. The maximum Gasteiger partial charge on any atom is 0.388 e. The highest BCUT2D eigenvalue weighted by atomic mass is 19.3. The molecule has 0 saturated heterocycles. The lowest BCUT2D eigenvalue weighted by Crippen LogP contribution is -2.21. The summed E-state index contributed by atoms with van der Waals surface area (Å²) in [4.78, 5) is 29.6. The van der Waals surface area contributed by atoms with Gasteiger partial charge in [-0.3, -0.25) is 9.78 Å². The second kappa shape index (κ2) is 10.5. The van der Waals surface area contributed by atoms with Gasteiger partial charge in [-0.05, 0) is 48.5 Å². The number of aromatic amines is 1. The number of carbonyl (C=O) groups excluding carboxylic acids is 1. The number of rotatable bonds is 8. The van der Waals surface area contributed by atoms with Crippen molar-refractivity contribution in [2.24, 2.45) is 0 Å². The number of nitrogens with one attached hydrogen (secondary N) is 1. The molecule has 1 N–H and O–H groups in total. The normalized spacial score (nSPS) is 11.0. The van der Waals surface area contributed by atoms with Gasteiger partial charge in [0.15, 0.2) is 17.3 Å². The van der Waals surface area contributed by atoms with Crippen LogP contribution in [-0.4, -0.2) is 51.4 Å². The van der Waals surface area contributed by atoms with Crippen LogP contribution in [0.25, 0.3) is 22.6 Å². The van der Waals surface area contributed by atoms with Crippen molar-refractivity contribution in [1.29, 1.82) is 0 Å². The molecule has 5 rings (SSSR count). The van der Waals surface area contributed by atoms with E-state index in [1.54, 1.807) is 68.8 Å². The van der Waals surface area contributed by atoms with Gasteiger partial charge in [0.05, 0.1) is 5.52 Å². The fourth-order valence-corrected chi connectivity index (χ4v) is 3.63. The molecule has 3 aromatic heterocycles. The summed E-state index contributed by atoms with van der Waals surface area (Å²) >= 11 is 0. The van der Waals surface area contributed by atoms with E-state index < -0.39 is 6.61 Å². The van der Waals surface area contributed by atoms with Crippen LogP contribution in [0.3, 0.4) is 0 Å². The molecule has 0 aliphatic carbocycles. The fraction of sp³-hybridized carbons (Fsp3) is 0.111. The third-order valence-corrected chi connectivity index (χ3v) is 5.33. The number of halogens is 2. The first-order valence-electron chi connectivity index (χ1n) is 11.4. The van der Waals surface area contributed by atoms with E-state index in [2.05, 4.69) is 24.7 Å². The van der Waals surface area contributed by atoms with Gasteiger partial charge in [-0.15, -0.1) is 0 Å². The van der Waals surface area contributed by atoms with Gasteiger partial charge < -0.3 is 24.1 Å². The quantitative estimate of drug-likeness (QED) is 0.273. The van der Waals surface area contributed by atoms with Crippen LogP contribution < -0.4 is 14.2 Å². The van der Waals surface area contributed by atoms with E-state index in [0.717, 1.165) is 0 Å². The van der Waals surface area contributed by atoms with Crippen molar-refractivity contribution in [3.05, 3.63) is 84.7 Å². The zero-order chi connectivity index (χ0) is 26.6. The van der Waals surface area contributed by atoms with Crippen LogP contribution in [0.2, 0.25) is 0 Å². The summed E-state index contributed by atoms with van der Waals surface area (Å²) in [6, 6.07) is 18.4. The van der Waals surface area contributed by atoms with E-state index in [0.29, 0.717) is 39.6 Å². The first kappa shape index (κ1) is 24.6. The van der Waals surface area contributed by atoms with E-state index in [-0.39, 0.29) is 23.3 Å². The Morgan fingerprint density at radius 3 is 2.39 bits per heavy atom. The molecule has 192 valence electrons. The molecular weight excluding hydrogens is 496 g/mol. The third kappa shape index (κ3) is 5.36. The predicted octanol–water partition coefficient (Wildman–Crippen LogP) is 5.91. The zero-order valence-corrected chi connectivity index (χ0v) is 20.3. The number of amides is 1. The summed E-state index contributed by atoms with van der Waals surface area (Å²) in [7, 11) is 3.35. The summed E-state index contributed by atoms with van der Waals surface area (Å²) in [5, 5.41) is 0. The number of aromatic nitrogens is 4. The standard InChI is InChI=1S/C27H21F2N5O4/c1-34(2)26(35)16-8-10-17(11-9-16)36-18-14-20-23(33-24(32-20)19-6-3-4-12-30-19)22(15-18)37-21-7-5-13-31-25(21)38-27(28)29/h3-15,27H,1-2H3,(H,32,33). The second-order valence-electron chi connectivity index (χ2n) is 8.23. The van der Waals surface area contributed by atoms with Gasteiger partial charge in [0.1, 0.15) is 22.7 Å². The number of hydrogen-bond acceptors (Lipinski definition) is 7. The highest BCUT2D eigenvalue weighted by molar-refractivity contribution is 5.94. The van der Waals surface area contributed by atoms with Crippen LogP contribution in [-0.2, 0) is 0 Å². The van der Waals surface area contributed by atoms with Crippen LogP contribution in [0.15, 0.2) is 79.1 Å². The molecule has 9 nitrogen and oxygen atoms in total. The topological polar surface area (TPSA) is 102 Å². The Hall–Kier alpha value is -5.06. The SMILES string of the molecule is CN(C)C(=O)c1ccc(Oc2cc(Oc3cccnc3OC(F)F)c3nc(-c4ccccn4)[nH]c3c2)cc1. The number of imidazole rings is 1. The molecule has 2 aromatic carbocycles. The minimum Gasteiger partial charge on any atom is -0.457 e. The van der Waals surface area contributed by atoms with Crippen molar-refractivity contribution < 1.29 is 27.8 Å². The van der Waals surface area contributed by atoms with Crippen LogP contribution in [0.4, 0.5) is 8.78 Å². The van der Waals surface area contributed by atoms with Crippen molar-refractivity contribution in [3.8, 4) is 40.4 Å². The number of nitrogens with zero attached hydrogens (tertiary/aromatic N) is 4. The number of pyridine rings is 2. The number of benzene rings is 2. The maximum absolute atomic E-state index is 12.9. The molecule has 0 spiro atoms. The predicted molar refractivity (Wildman–Crippen MR) is 135 cm³/mol. The smallest absolute Gasteiger partial charge is 0.388 e. The molecule has 38 heavy (non-hydrogen) atoms. The van der Waals surface area contributed by atoms with Crippen molar-refractivity contribution in [3.63, 3.8) is 0 Å². The van der Waals surface area contributed by atoms with Gasteiger partial charge in [-0.2, -0.15) is 8.78 Å². The van der Waals surface area contributed by atoms with Crippen molar-refractivity contribution in [2.45, 2.75) is 6.61 Å². The fourth-order valence-electron chi connectivity index (χ4n) is 3.63. The Morgan fingerprint density at radius 2 is 1.68 bits per heavy atom. The monoisotopic (exact) mass is 517 g/mol. The summed E-state index contributed by atoms with van der Waals surface area (Å²) in [6.07, 6.45) is 2.96. The molecule has 0 aliphatic heterocycles. The van der Waals surface area contributed by atoms with Gasteiger partial charge in [-0.1, -0.05) is 6.07 Å². The largest absolute Gasteiger partial charge is 0.457 e.